The van der Waals surface area contributed by atoms with Crippen molar-refractivity contribution in [1.29, 1.82) is 0 Å². The normalized spacial score (nSPS) is 12.5. The van der Waals surface area contributed by atoms with Crippen molar-refractivity contribution >= 4 is 45.2 Å². The van der Waals surface area contributed by atoms with Gasteiger partial charge in [-0.2, -0.15) is 0 Å². The molecule has 0 unspecified atom stereocenters. The van der Waals surface area contributed by atoms with E-state index in [4.69, 9.17) is 18.9 Å². The van der Waals surface area contributed by atoms with Crippen LogP contribution < -0.4 is 18.9 Å². The first-order chi connectivity index (χ1) is 26.0. The van der Waals surface area contributed by atoms with Crippen LogP contribution in [0.4, 0.5) is 0 Å². The molecule has 0 spiro atoms. The molecule has 5 aromatic carbocycles. The molecule has 56 heavy (non-hydrogen) atoms. The van der Waals surface area contributed by atoms with Crippen LogP contribution in [0, 0.1) is 7.14 Å². The van der Waals surface area contributed by atoms with Crippen LogP contribution in [0.25, 0.3) is 44.5 Å². The minimum atomic E-state index is -0.0998. The monoisotopic (exact) mass is 978 g/mol. The van der Waals surface area contributed by atoms with Crippen LogP contribution in [0.5, 0.6) is 23.0 Å². The summed E-state index contributed by atoms with van der Waals surface area (Å²) in [5.41, 5.74) is 12.9. The first kappa shape index (κ1) is 43.9. The second-order valence-electron chi connectivity index (χ2n) is 18.8. The number of methoxy groups -OCH3 is 4. The SMILES string of the molecule is COc1ccc(C(C)(C)C)cc1-c1c(I)c(-c2cc(C(C)(C)C)ccc2OC)c(-c2cc(C(C)(C)C)ccc2OC)c(I)c1-c1cc(C(C)(C)C)ccc1OC. The Balaban J connectivity index is 2.20. The summed E-state index contributed by atoms with van der Waals surface area (Å²) >= 11 is 5.20. The van der Waals surface area contributed by atoms with Gasteiger partial charge in [0, 0.05) is 51.6 Å². The number of hydrogen-bond donors (Lipinski definition) is 0. The van der Waals surface area contributed by atoms with Gasteiger partial charge in [-0.05, 0) is 138 Å². The molecule has 0 fully saturated rings. The van der Waals surface area contributed by atoms with E-state index in [0.29, 0.717) is 0 Å². The average Bonchev–Trinajstić information content (AvgIpc) is 3.12. The minimum absolute atomic E-state index is 0.0998. The topological polar surface area (TPSA) is 36.9 Å². The van der Waals surface area contributed by atoms with E-state index < -0.39 is 0 Å². The summed E-state index contributed by atoms with van der Waals surface area (Å²) in [6, 6.07) is 26.5. The first-order valence-corrected chi connectivity index (χ1v) is 21.4. The highest BCUT2D eigenvalue weighted by Gasteiger charge is 2.33. The number of rotatable bonds is 8. The van der Waals surface area contributed by atoms with Crippen LogP contribution >= 0.6 is 45.2 Å². The number of halogens is 2. The van der Waals surface area contributed by atoms with Gasteiger partial charge in [0.15, 0.2) is 0 Å². The van der Waals surface area contributed by atoms with Gasteiger partial charge in [0.2, 0.25) is 0 Å². The highest BCUT2D eigenvalue weighted by Crippen LogP contribution is 2.56. The standard InChI is InChI=1S/C50H60I2O4/c1-47(2,3)29-17-21-37(53-13)33(25-29)41-42(34-26-30(48(4,5)6)18-22-38(34)54-14)46(52)44(36-28-32(50(10,11)12)20-24-40(36)56-16)43(45(41)51)35-27-31(49(7,8)9)19-23-39(35)55-15/h17-28H,1-16H3. The van der Waals surface area contributed by atoms with Gasteiger partial charge in [0.1, 0.15) is 23.0 Å². The quantitative estimate of drug-likeness (QED) is 0.145. The third kappa shape index (κ3) is 8.62. The molecule has 0 aliphatic carbocycles. The second-order valence-corrected chi connectivity index (χ2v) is 20.9. The molecule has 5 aromatic rings. The molecule has 298 valence electrons. The van der Waals surface area contributed by atoms with E-state index in [-0.39, 0.29) is 21.7 Å². The molecule has 0 bridgehead atoms. The maximum absolute atomic E-state index is 6.26. The van der Waals surface area contributed by atoms with Gasteiger partial charge in [0.05, 0.1) is 28.4 Å². The molecule has 0 atom stereocenters. The Morgan fingerprint density at radius 3 is 0.643 bits per heavy atom. The summed E-state index contributed by atoms with van der Waals surface area (Å²) in [7, 11) is 7.06. The largest absolute Gasteiger partial charge is 0.496 e. The first-order valence-electron chi connectivity index (χ1n) is 19.3. The van der Waals surface area contributed by atoms with Crippen molar-refractivity contribution in [3.63, 3.8) is 0 Å². The van der Waals surface area contributed by atoms with Gasteiger partial charge < -0.3 is 18.9 Å². The zero-order valence-corrected chi connectivity index (χ0v) is 40.6. The molecular weight excluding hydrogens is 918 g/mol. The fraction of sp³-hybridized carbons (Fsp3) is 0.400. The van der Waals surface area contributed by atoms with E-state index in [2.05, 4.69) is 201 Å². The third-order valence-electron chi connectivity index (χ3n) is 10.7. The Morgan fingerprint density at radius 1 is 0.321 bits per heavy atom. The Morgan fingerprint density at radius 2 is 0.500 bits per heavy atom. The zero-order valence-electron chi connectivity index (χ0n) is 36.3. The molecular formula is C50H60I2O4. The van der Waals surface area contributed by atoms with Gasteiger partial charge in [-0.3, -0.25) is 0 Å². The van der Waals surface area contributed by atoms with E-state index in [1.54, 1.807) is 28.4 Å². The fourth-order valence-electron chi connectivity index (χ4n) is 7.18. The molecule has 0 heterocycles. The molecule has 0 N–H and O–H groups in total. The molecule has 6 heteroatoms. The molecule has 0 amide bonds. The van der Waals surface area contributed by atoms with E-state index in [1.807, 2.05) is 0 Å². The fourth-order valence-corrected chi connectivity index (χ4v) is 9.42. The number of hydrogen-bond acceptors (Lipinski definition) is 4. The van der Waals surface area contributed by atoms with Crippen LogP contribution in [-0.4, -0.2) is 28.4 Å². The van der Waals surface area contributed by atoms with Crippen molar-refractivity contribution in [2.45, 2.75) is 105 Å². The average molecular weight is 979 g/mol. The summed E-state index contributed by atoms with van der Waals surface area (Å²) in [6.45, 7) is 27.1. The molecule has 0 aliphatic heterocycles. The lowest BCUT2D eigenvalue weighted by atomic mass is 9.79. The Bertz CT molecular complexity index is 1940. The van der Waals surface area contributed by atoms with Gasteiger partial charge in [-0.25, -0.2) is 0 Å². The van der Waals surface area contributed by atoms with E-state index in [1.165, 1.54) is 22.3 Å². The minimum Gasteiger partial charge on any atom is -0.496 e. The van der Waals surface area contributed by atoms with Crippen molar-refractivity contribution in [2.24, 2.45) is 0 Å². The highest BCUT2D eigenvalue weighted by atomic mass is 127. The second kappa shape index (κ2) is 16.2. The van der Waals surface area contributed by atoms with Crippen LogP contribution in [0.15, 0.2) is 72.8 Å². The van der Waals surface area contributed by atoms with Gasteiger partial charge in [0.25, 0.3) is 0 Å². The summed E-state index contributed by atoms with van der Waals surface area (Å²) in [5.74, 6) is 3.22. The Labute approximate surface area is 364 Å². The molecule has 4 nitrogen and oxygen atoms in total. The van der Waals surface area contributed by atoms with Crippen LogP contribution in [0.1, 0.15) is 105 Å². The van der Waals surface area contributed by atoms with Crippen LogP contribution in [0.2, 0.25) is 0 Å². The van der Waals surface area contributed by atoms with E-state index in [9.17, 15) is 0 Å². The van der Waals surface area contributed by atoms with Crippen LogP contribution in [0.3, 0.4) is 0 Å². The van der Waals surface area contributed by atoms with E-state index >= 15 is 0 Å². The summed E-state index contributed by atoms with van der Waals surface area (Å²) < 4.78 is 27.2. The molecule has 0 aromatic heterocycles. The summed E-state index contributed by atoms with van der Waals surface area (Å²) in [5, 5.41) is 0. The molecule has 0 aliphatic rings. The van der Waals surface area contributed by atoms with Gasteiger partial charge >= 0.3 is 0 Å². The zero-order chi connectivity index (χ0) is 41.7. The molecule has 0 saturated carbocycles. The van der Waals surface area contributed by atoms with Gasteiger partial charge in [-0.1, -0.05) is 107 Å². The Kier molecular flexibility index (Phi) is 12.7. The van der Waals surface area contributed by atoms with Crippen molar-refractivity contribution in [2.75, 3.05) is 28.4 Å². The lowest BCUT2D eigenvalue weighted by Crippen LogP contribution is -2.13. The maximum atomic E-state index is 6.26. The lowest BCUT2D eigenvalue weighted by molar-refractivity contribution is 0.415. The maximum Gasteiger partial charge on any atom is 0.126 e. The summed E-state index contributed by atoms with van der Waals surface area (Å²) in [6.07, 6.45) is 0. The predicted octanol–water partition coefficient (Wildman–Crippen LogP) is 14.8. The Hall–Kier alpha value is -3.24. The molecule has 0 saturated heterocycles. The van der Waals surface area contributed by atoms with Crippen LogP contribution in [-0.2, 0) is 21.7 Å². The predicted molar refractivity (Wildman–Crippen MR) is 255 cm³/mol. The van der Waals surface area contributed by atoms with Crippen molar-refractivity contribution in [3.8, 4) is 67.5 Å². The summed E-state index contributed by atoms with van der Waals surface area (Å²) in [4.78, 5) is 0. The molecule has 5 rings (SSSR count). The van der Waals surface area contributed by atoms with Gasteiger partial charge in [-0.15, -0.1) is 0 Å². The highest BCUT2D eigenvalue weighted by molar-refractivity contribution is 14.1. The number of ether oxygens (including phenoxy) is 4. The van der Waals surface area contributed by atoms with Crippen molar-refractivity contribution < 1.29 is 18.9 Å². The van der Waals surface area contributed by atoms with E-state index in [0.717, 1.165) is 74.6 Å². The molecule has 0 radical (unpaired) electrons. The smallest absolute Gasteiger partial charge is 0.126 e. The van der Waals surface area contributed by atoms with Crippen molar-refractivity contribution in [1.82, 2.24) is 0 Å². The lowest BCUT2D eigenvalue weighted by Gasteiger charge is -2.29. The third-order valence-corrected chi connectivity index (χ3v) is 12.9. The van der Waals surface area contributed by atoms with Crippen molar-refractivity contribution in [3.05, 3.63) is 102 Å². The number of benzene rings is 5.